The van der Waals surface area contributed by atoms with Crippen molar-refractivity contribution in [2.24, 2.45) is 0 Å². The van der Waals surface area contributed by atoms with E-state index in [-0.39, 0.29) is 24.3 Å². The molecule has 0 aliphatic rings. The molecule has 0 saturated heterocycles. The second-order valence-corrected chi connectivity index (χ2v) is 8.12. The highest BCUT2D eigenvalue weighted by molar-refractivity contribution is 6.35. The van der Waals surface area contributed by atoms with Crippen molar-refractivity contribution in [1.82, 2.24) is 0 Å². The summed E-state index contributed by atoms with van der Waals surface area (Å²) in [6, 6.07) is 10.9. The van der Waals surface area contributed by atoms with E-state index in [4.69, 9.17) is 27.9 Å². The third kappa shape index (κ3) is 6.62. The molecule has 2 aromatic carbocycles. The van der Waals surface area contributed by atoms with Crippen LogP contribution in [-0.4, -0.2) is 18.5 Å². The van der Waals surface area contributed by atoms with Gasteiger partial charge < -0.3 is 10.1 Å². The van der Waals surface area contributed by atoms with Crippen LogP contribution in [0.3, 0.4) is 0 Å². The lowest BCUT2D eigenvalue weighted by Crippen LogP contribution is -2.22. The van der Waals surface area contributed by atoms with Crippen molar-refractivity contribution in [3.63, 3.8) is 0 Å². The van der Waals surface area contributed by atoms with Crippen LogP contribution in [0.4, 0.5) is 5.69 Å². The monoisotopic (exact) mass is 433 g/mol. The number of esters is 1. The summed E-state index contributed by atoms with van der Waals surface area (Å²) in [4.78, 5) is 24.3. The van der Waals surface area contributed by atoms with E-state index >= 15 is 0 Å². The van der Waals surface area contributed by atoms with Gasteiger partial charge in [-0.1, -0.05) is 75.2 Å². The van der Waals surface area contributed by atoms with Crippen molar-refractivity contribution in [2.75, 3.05) is 11.9 Å². The zero-order valence-corrected chi connectivity index (χ0v) is 18.5. The molecule has 2 aromatic rings. The maximum Gasteiger partial charge on any atom is 0.331 e. The van der Waals surface area contributed by atoms with Gasteiger partial charge in [-0.25, -0.2) is 4.79 Å². The number of amides is 1. The number of ether oxygens (including phenoxy) is 1. The quantitative estimate of drug-likeness (QED) is 0.403. The lowest BCUT2D eigenvalue weighted by atomic mass is 9.92. The SMILES string of the molecule is CC(C)c1cccc(C(C)C)c1NC(=O)COC(=O)/C=C/c1ccc(Cl)cc1Cl. The molecule has 0 bridgehead atoms. The summed E-state index contributed by atoms with van der Waals surface area (Å²) in [6.45, 7) is 7.91. The fraction of sp³-hybridized carbons (Fsp3) is 0.304. The highest BCUT2D eigenvalue weighted by atomic mass is 35.5. The van der Waals surface area contributed by atoms with Crippen LogP contribution < -0.4 is 5.32 Å². The second kappa shape index (κ2) is 10.5. The average molecular weight is 434 g/mol. The predicted molar refractivity (Wildman–Crippen MR) is 120 cm³/mol. The number of nitrogens with one attached hydrogen (secondary N) is 1. The van der Waals surface area contributed by atoms with E-state index in [1.165, 1.54) is 12.2 Å². The van der Waals surface area contributed by atoms with Gasteiger partial charge in [0, 0.05) is 21.8 Å². The Morgan fingerprint density at radius 3 is 2.21 bits per heavy atom. The molecule has 4 nitrogen and oxygen atoms in total. The van der Waals surface area contributed by atoms with Gasteiger partial charge in [-0.15, -0.1) is 0 Å². The van der Waals surface area contributed by atoms with Crippen LogP contribution in [0, 0.1) is 0 Å². The van der Waals surface area contributed by atoms with Crippen LogP contribution in [0.5, 0.6) is 0 Å². The van der Waals surface area contributed by atoms with Crippen LogP contribution in [-0.2, 0) is 14.3 Å². The molecule has 0 aromatic heterocycles. The highest BCUT2D eigenvalue weighted by Crippen LogP contribution is 2.32. The van der Waals surface area contributed by atoms with Crippen LogP contribution in [0.15, 0.2) is 42.5 Å². The van der Waals surface area contributed by atoms with Gasteiger partial charge in [0.15, 0.2) is 6.61 Å². The number of rotatable bonds is 7. The minimum Gasteiger partial charge on any atom is -0.452 e. The lowest BCUT2D eigenvalue weighted by molar-refractivity contribution is -0.142. The van der Waals surface area contributed by atoms with E-state index in [0.29, 0.717) is 15.6 Å². The van der Waals surface area contributed by atoms with Gasteiger partial charge in [-0.05, 0) is 46.7 Å². The number of carbonyl (C=O) groups is 2. The van der Waals surface area contributed by atoms with E-state index in [2.05, 4.69) is 33.0 Å². The van der Waals surface area contributed by atoms with Crippen molar-refractivity contribution in [3.8, 4) is 0 Å². The third-order valence-corrected chi connectivity index (χ3v) is 4.91. The van der Waals surface area contributed by atoms with Crippen molar-refractivity contribution < 1.29 is 14.3 Å². The first-order chi connectivity index (χ1) is 13.7. The van der Waals surface area contributed by atoms with Gasteiger partial charge in [0.2, 0.25) is 0 Å². The number of halogens is 2. The molecule has 2 rings (SSSR count). The minimum atomic E-state index is -0.632. The number of hydrogen-bond acceptors (Lipinski definition) is 3. The molecule has 0 atom stereocenters. The first-order valence-corrected chi connectivity index (χ1v) is 10.2. The minimum absolute atomic E-state index is 0.249. The summed E-state index contributed by atoms with van der Waals surface area (Å²) in [5, 5.41) is 3.84. The molecule has 29 heavy (non-hydrogen) atoms. The Morgan fingerprint density at radius 1 is 1.03 bits per heavy atom. The lowest BCUT2D eigenvalue weighted by Gasteiger charge is -2.20. The Bertz CT molecular complexity index is 894. The summed E-state index contributed by atoms with van der Waals surface area (Å²) < 4.78 is 5.06. The molecule has 0 spiro atoms. The number of benzene rings is 2. The summed E-state index contributed by atoms with van der Waals surface area (Å²) in [5.41, 5.74) is 3.52. The molecule has 0 aliphatic carbocycles. The normalized spacial score (nSPS) is 11.3. The predicted octanol–water partition coefficient (Wildman–Crippen LogP) is 6.44. The Morgan fingerprint density at radius 2 is 1.66 bits per heavy atom. The molecular formula is C23H25Cl2NO3. The number of para-hydroxylation sites is 1. The van der Waals surface area contributed by atoms with E-state index < -0.39 is 5.97 Å². The number of hydrogen-bond donors (Lipinski definition) is 1. The molecule has 154 valence electrons. The second-order valence-electron chi connectivity index (χ2n) is 7.28. The molecule has 0 saturated carbocycles. The molecule has 0 fully saturated rings. The Hall–Kier alpha value is -2.30. The molecule has 0 heterocycles. The summed E-state index contributed by atoms with van der Waals surface area (Å²) in [6.07, 6.45) is 2.74. The summed E-state index contributed by atoms with van der Waals surface area (Å²) >= 11 is 11.9. The van der Waals surface area contributed by atoms with E-state index in [1.807, 2.05) is 18.2 Å². The van der Waals surface area contributed by atoms with Crippen molar-refractivity contribution in [1.29, 1.82) is 0 Å². The molecule has 1 amide bonds. The zero-order chi connectivity index (χ0) is 21.6. The molecule has 6 heteroatoms. The number of carbonyl (C=O) groups excluding carboxylic acids is 2. The smallest absolute Gasteiger partial charge is 0.331 e. The Balaban J connectivity index is 2.01. The van der Waals surface area contributed by atoms with E-state index in [0.717, 1.165) is 16.8 Å². The Kier molecular flexibility index (Phi) is 8.30. The van der Waals surface area contributed by atoms with Crippen LogP contribution in [0.25, 0.3) is 6.08 Å². The molecule has 1 N–H and O–H groups in total. The topological polar surface area (TPSA) is 55.4 Å². The van der Waals surface area contributed by atoms with Gasteiger partial charge >= 0.3 is 5.97 Å². The Labute approximate surface area is 181 Å². The molecule has 0 radical (unpaired) electrons. The van der Waals surface area contributed by atoms with E-state index in [1.54, 1.807) is 18.2 Å². The molecule has 0 aliphatic heterocycles. The van der Waals surface area contributed by atoms with Crippen LogP contribution in [0.1, 0.15) is 56.2 Å². The first-order valence-electron chi connectivity index (χ1n) is 9.41. The highest BCUT2D eigenvalue weighted by Gasteiger charge is 2.16. The summed E-state index contributed by atoms with van der Waals surface area (Å²) in [7, 11) is 0. The van der Waals surface area contributed by atoms with Gasteiger partial charge in [0.1, 0.15) is 0 Å². The van der Waals surface area contributed by atoms with Gasteiger partial charge in [-0.2, -0.15) is 0 Å². The zero-order valence-electron chi connectivity index (χ0n) is 17.0. The van der Waals surface area contributed by atoms with Crippen molar-refractivity contribution in [2.45, 2.75) is 39.5 Å². The fourth-order valence-electron chi connectivity index (χ4n) is 2.85. The summed E-state index contributed by atoms with van der Waals surface area (Å²) in [5.74, 6) is -0.518. The maximum absolute atomic E-state index is 12.4. The standard InChI is InChI=1S/C23H25Cl2NO3/c1-14(2)18-6-5-7-19(15(3)4)23(18)26-21(27)13-29-22(28)11-9-16-8-10-17(24)12-20(16)25/h5-12,14-15H,13H2,1-4H3,(H,26,27)/b11-9+. The van der Waals surface area contributed by atoms with Crippen LogP contribution >= 0.6 is 23.2 Å². The number of anilines is 1. The molecule has 0 unspecified atom stereocenters. The average Bonchev–Trinajstić information content (AvgIpc) is 2.65. The third-order valence-electron chi connectivity index (χ3n) is 4.34. The fourth-order valence-corrected chi connectivity index (χ4v) is 3.32. The van der Waals surface area contributed by atoms with Gasteiger partial charge in [-0.3, -0.25) is 4.79 Å². The van der Waals surface area contributed by atoms with Gasteiger partial charge in [0.25, 0.3) is 5.91 Å². The van der Waals surface area contributed by atoms with E-state index in [9.17, 15) is 9.59 Å². The van der Waals surface area contributed by atoms with Crippen molar-refractivity contribution in [3.05, 3.63) is 69.2 Å². The van der Waals surface area contributed by atoms with Gasteiger partial charge in [0.05, 0.1) is 0 Å². The largest absolute Gasteiger partial charge is 0.452 e. The van der Waals surface area contributed by atoms with Crippen molar-refractivity contribution >= 4 is 46.8 Å². The maximum atomic E-state index is 12.4. The first kappa shape index (κ1) is 23.0. The van der Waals surface area contributed by atoms with Crippen LogP contribution in [0.2, 0.25) is 10.0 Å². The molecular weight excluding hydrogens is 409 g/mol.